The Morgan fingerprint density at radius 1 is 1.08 bits per heavy atom. The molecule has 0 aliphatic heterocycles. The van der Waals surface area contributed by atoms with Crippen LogP contribution in [-0.4, -0.2) is 35.0 Å². The summed E-state index contributed by atoms with van der Waals surface area (Å²) in [5, 5.41) is 3.14. The van der Waals surface area contributed by atoms with E-state index >= 15 is 0 Å². The van der Waals surface area contributed by atoms with Crippen molar-refractivity contribution in [2.75, 3.05) is 26.4 Å². The molecule has 0 aliphatic carbocycles. The summed E-state index contributed by atoms with van der Waals surface area (Å²) in [6.45, 7) is 7.68. The van der Waals surface area contributed by atoms with Crippen molar-refractivity contribution in [1.82, 2.24) is 5.32 Å². The van der Waals surface area contributed by atoms with Crippen LogP contribution in [0.25, 0.3) is 0 Å². The molecule has 0 aliphatic rings. The van der Waals surface area contributed by atoms with Gasteiger partial charge in [-0.25, -0.2) is 0 Å². The number of hydrogen-bond acceptors (Lipinski definition) is 3. The Balaban J connectivity index is 4.06. The molecule has 0 radical (unpaired) electrons. The zero-order valence-corrected chi connectivity index (χ0v) is 9.64. The van der Waals surface area contributed by atoms with Gasteiger partial charge in [0.2, 0.25) is 0 Å². The van der Waals surface area contributed by atoms with Gasteiger partial charge in [-0.2, -0.15) is 0 Å². The summed E-state index contributed by atoms with van der Waals surface area (Å²) in [6, 6.07) is 1.01. The maximum atomic E-state index is 5.71. The lowest BCUT2D eigenvalue weighted by atomic mass is 10.9. The summed E-state index contributed by atoms with van der Waals surface area (Å²) >= 11 is 0. The molecule has 0 unspecified atom stereocenters. The fourth-order valence-corrected chi connectivity index (χ4v) is 3.80. The van der Waals surface area contributed by atoms with E-state index in [0.717, 1.165) is 25.4 Å². The number of rotatable bonds is 7. The molecule has 0 aromatic rings. The van der Waals surface area contributed by atoms with E-state index in [-0.39, 0.29) is 0 Å². The molecule has 0 amide bonds. The lowest BCUT2D eigenvalue weighted by Gasteiger charge is -2.28. The number of nitrogens with one attached hydrogen (secondary N) is 1. The molecule has 0 aromatic carbocycles. The van der Waals surface area contributed by atoms with Crippen LogP contribution in [0, 0.1) is 0 Å². The van der Waals surface area contributed by atoms with Gasteiger partial charge in [-0.1, -0.05) is 6.92 Å². The summed E-state index contributed by atoms with van der Waals surface area (Å²) < 4.78 is 11.4. The first-order chi connectivity index (χ1) is 5.74. The molecule has 4 heteroatoms. The molecule has 74 valence electrons. The van der Waals surface area contributed by atoms with E-state index in [1.54, 1.807) is 0 Å². The maximum Gasteiger partial charge on any atom is 0.352 e. The van der Waals surface area contributed by atoms with E-state index in [4.69, 9.17) is 8.85 Å². The average molecular weight is 191 g/mol. The normalized spacial score (nSPS) is 12.0. The predicted molar refractivity (Wildman–Crippen MR) is 53.4 cm³/mol. The lowest BCUT2D eigenvalue weighted by Crippen LogP contribution is -2.50. The van der Waals surface area contributed by atoms with Crippen molar-refractivity contribution in [3.63, 3.8) is 0 Å². The lowest BCUT2D eigenvalue weighted by molar-refractivity contribution is 0.182. The average Bonchev–Trinajstić information content (AvgIpc) is 2.06. The summed E-state index contributed by atoms with van der Waals surface area (Å²) in [5.74, 6) is 0. The van der Waals surface area contributed by atoms with Gasteiger partial charge in [-0.05, 0) is 26.9 Å². The second-order valence-electron chi connectivity index (χ2n) is 2.66. The first-order valence-corrected chi connectivity index (χ1v) is 6.90. The molecule has 0 heterocycles. The zero-order chi connectivity index (χ0) is 9.45. The third-order valence-corrected chi connectivity index (χ3v) is 5.40. The van der Waals surface area contributed by atoms with Crippen molar-refractivity contribution in [2.24, 2.45) is 0 Å². The minimum Gasteiger partial charge on any atom is -0.394 e. The molecule has 0 bridgehead atoms. The van der Waals surface area contributed by atoms with E-state index in [1.807, 2.05) is 20.9 Å². The van der Waals surface area contributed by atoms with Crippen LogP contribution in [0.3, 0.4) is 0 Å². The Morgan fingerprint density at radius 3 is 1.83 bits per heavy atom. The van der Waals surface area contributed by atoms with E-state index < -0.39 is 8.56 Å². The van der Waals surface area contributed by atoms with Crippen molar-refractivity contribution in [3.05, 3.63) is 0 Å². The second-order valence-corrected chi connectivity index (χ2v) is 6.12. The number of hydrogen-bond donors (Lipinski definition) is 1. The first kappa shape index (κ1) is 12.1. The Hall–Kier alpha value is 0.0969. The van der Waals surface area contributed by atoms with Gasteiger partial charge < -0.3 is 14.2 Å². The van der Waals surface area contributed by atoms with E-state index in [0.29, 0.717) is 0 Å². The van der Waals surface area contributed by atoms with Crippen molar-refractivity contribution >= 4 is 8.56 Å². The summed E-state index contributed by atoms with van der Waals surface area (Å²) in [4.78, 5) is 0. The molecule has 0 spiro atoms. The predicted octanol–water partition coefficient (Wildman–Crippen LogP) is 1.28. The van der Waals surface area contributed by atoms with Gasteiger partial charge in [0.1, 0.15) is 0 Å². The van der Waals surface area contributed by atoms with Gasteiger partial charge in [0.15, 0.2) is 0 Å². The molecule has 0 saturated heterocycles. The Kier molecular flexibility index (Phi) is 6.65. The van der Waals surface area contributed by atoms with Crippen molar-refractivity contribution in [2.45, 2.75) is 26.8 Å². The van der Waals surface area contributed by atoms with Crippen LogP contribution in [0.15, 0.2) is 0 Å². The van der Waals surface area contributed by atoms with Crippen molar-refractivity contribution in [1.29, 1.82) is 0 Å². The largest absolute Gasteiger partial charge is 0.394 e. The van der Waals surface area contributed by atoms with Gasteiger partial charge in [0, 0.05) is 19.4 Å². The van der Waals surface area contributed by atoms with E-state index in [2.05, 4.69) is 12.2 Å². The van der Waals surface area contributed by atoms with Crippen LogP contribution in [-0.2, 0) is 8.85 Å². The first-order valence-electron chi connectivity index (χ1n) is 4.67. The molecule has 0 atom stereocenters. The molecule has 3 nitrogen and oxygen atoms in total. The van der Waals surface area contributed by atoms with Gasteiger partial charge in [0.25, 0.3) is 0 Å². The topological polar surface area (TPSA) is 30.5 Å². The van der Waals surface area contributed by atoms with E-state index in [1.165, 1.54) is 0 Å². The molecular formula is C8H21NO2Si. The Bertz CT molecular complexity index is 94.2. The highest BCUT2D eigenvalue weighted by Gasteiger charge is 2.33. The smallest absolute Gasteiger partial charge is 0.352 e. The third kappa shape index (κ3) is 3.67. The summed E-state index contributed by atoms with van der Waals surface area (Å²) in [5.41, 5.74) is 0. The molecular weight excluding hydrogens is 170 g/mol. The van der Waals surface area contributed by atoms with Gasteiger partial charge in [-0.3, -0.25) is 0 Å². The minimum atomic E-state index is -1.88. The highest BCUT2D eigenvalue weighted by atomic mass is 28.4. The highest BCUT2D eigenvalue weighted by molar-refractivity contribution is 6.67. The quantitative estimate of drug-likeness (QED) is 0.615. The van der Waals surface area contributed by atoms with Crippen LogP contribution >= 0.6 is 0 Å². The van der Waals surface area contributed by atoms with Crippen molar-refractivity contribution < 1.29 is 8.85 Å². The van der Waals surface area contributed by atoms with Crippen LogP contribution in [0.2, 0.25) is 6.04 Å². The molecule has 0 fully saturated rings. The second kappa shape index (κ2) is 6.60. The van der Waals surface area contributed by atoms with Gasteiger partial charge >= 0.3 is 8.56 Å². The van der Waals surface area contributed by atoms with Gasteiger partial charge in [-0.15, -0.1) is 0 Å². The SMILES string of the molecule is CCO[Si](CC)(CNC)OCC. The molecule has 0 aromatic heterocycles. The molecule has 1 N–H and O–H groups in total. The van der Waals surface area contributed by atoms with Gasteiger partial charge in [0.05, 0.1) is 0 Å². The summed E-state index contributed by atoms with van der Waals surface area (Å²) in [6.07, 6.45) is 0.880. The monoisotopic (exact) mass is 191 g/mol. The Morgan fingerprint density at radius 2 is 1.58 bits per heavy atom. The van der Waals surface area contributed by atoms with Crippen LogP contribution in [0.5, 0.6) is 0 Å². The molecule has 12 heavy (non-hydrogen) atoms. The Labute approximate surface area is 76.7 Å². The van der Waals surface area contributed by atoms with Crippen LogP contribution < -0.4 is 5.32 Å². The maximum absolute atomic E-state index is 5.71. The molecule has 0 saturated carbocycles. The van der Waals surface area contributed by atoms with Crippen LogP contribution in [0.1, 0.15) is 20.8 Å². The standard InChI is InChI=1S/C8H21NO2Si/c1-5-10-12(7-3,8-9-4)11-6-2/h9H,5-8H2,1-4H3. The highest BCUT2D eigenvalue weighted by Crippen LogP contribution is 2.11. The van der Waals surface area contributed by atoms with E-state index in [9.17, 15) is 0 Å². The van der Waals surface area contributed by atoms with Crippen LogP contribution in [0.4, 0.5) is 0 Å². The zero-order valence-electron chi connectivity index (χ0n) is 8.64. The van der Waals surface area contributed by atoms with Crippen molar-refractivity contribution in [3.8, 4) is 0 Å². The molecule has 0 rings (SSSR count). The third-order valence-electron chi connectivity index (χ3n) is 1.80. The summed E-state index contributed by atoms with van der Waals surface area (Å²) in [7, 11) is 0.0593. The fraction of sp³-hybridized carbons (Fsp3) is 1.00. The minimum absolute atomic E-state index is 0.752. The fourth-order valence-electron chi connectivity index (χ4n) is 1.27.